The van der Waals surface area contributed by atoms with Crippen LogP contribution in [-0.4, -0.2) is 18.1 Å². The highest BCUT2D eigenvalue weighted by Crippen LogP contribution is 2.36. The Balaban J connectivity index is 1.88. The zero-order chi connectivity index (χ0) is 13.4. The fourth-order valence-electron chi connectivity index (χ4n) is 2.61. The molecule has 1 aliphatic rings. The van der Waals surface area contributed by atoms with Gasteiger partial charge in [0, 0.05) is 10.8 Å². The first-order valence-corrected chi connectivity index (χ1v) is 7.13. The zero-order valence-corrected chi connectivity index (χ0v) is 11.8. The van der Waals surface area contributed by atoms with E-state index in [9.17, 15) is 4.79 Å². The van der Waals surface area contributed by atoms with Crippen LogP contribution >= 0.6 is 11.3 Å². The molecule has 2 aromatic rings. The minimum absolute atomic E-state index is 0.337. The minimum Gasteiger partial charge on any atom is -0.464 e. The number of carbonyl (C=O) groups is 1. The number of fused-ring (bicyclic) bond motifs is 1. The second-order valence-electron chi connectivity index (χ2n) is 4.82. The van der Waals surface area contributed by atoms with Gasteiger partial charge in [-0.25, -0.2) is 9.78 Å². The maximum atomic E-state index is 11.6. The first-order chi connectivity index (χ1) is 9.19. The Kier molecular flexibility index (Phi) is 3.11. The Bertz CT molecular complexity index is 608. The molecule has 0 fully saturated rings. The Hall–Kier alpha value is -1.68. The lowest BCUT2D eigenvalue weighted by atomic mass is 10.1. The number of rotatable bonds is 2. The van der Waals surface area contributed by atoms with Crippen molar-refractivity contribution in [2.45, 2.75) is 25.7 Å². The Morgan fingerprint density at radius 3 is 2.53 bits per heavy atom. The van der Waals surface area contributed by atoms with Crippen LogP contribution < -0.4 is 0 Å². The molecule has 1 aromatic heterocycles. The molecule has 4 heteroatoms. The summed E-state index contributed by atoms with van der Waals surface area (Å²) in [5, 5.41) is 1.05. The van der Waals surface area contributed by atoms with Crippen LogP contribution in [0.15, 0.2) is 24.3 Å². The van der Waals surface area contributed by atoms with E-state index in [-0.39, 0.29) is 5.97 Å². The molecular formula is C15H15NO2S. The molecule has 3 rings (SSSR count). The number of benzene rings is 1. The molecule has 0 radical (unpaired) electrons. The van der Waals surface area contributed by atoms with Crippen LogP contribution in [0.2, 0.25) is 0 Å². The van der Waals surface area contributed by atoms with Gasteiger partial charge in [-0.3, -0.25) is 0 Å². The van der Waals surface area contributed by atoms with E-state index in [1.165, 1.54) is 18.2 Å². The molecular weight excluding hydrogens is 258 g/mol. The van der Waals surface area contributed by atoms with Crippen molar-refractivity contribution in [2.75, 3.05) is 7.11 Å². The highest BCUT2D eigenvalue weighted by Gasteiger charge is 2.27. The van der Waals surface area contributed by atoms with Crippen molar-refractivity contribution in [1.29, 1.82) is 0 Å². The molecule has 0 spiro atoms. The molecule has 0 N–H and O–H groups in total. The lowest BCUT2D eigenvalue weighted by molar-refractivity contribution is 0.0594. The number of ether oxygens (including phenoxy) is 1. The van der Waals surface area contributed by atoms with Gasteiger partial charge < -0.3 is 4.74 Å². The van der Waals surface area contributed by atoms with E-state index in [1.54, 1.807) is 11.3 Å². The third kappa shape index (κ3) is 2.16. The number of nitrogens with zero attached hydrogens (tertiary/aromatic N) is 1. The summed E-state index contributed by atoms with van der Waals surface area (Å²) in [7, 11) is 1.40. The molecule has 0 aliphatic heterocycles. The summed E-state index contributed by atoms with van der Waals surface area (Å²) in [6.07, 6.45) is 2.04. The van der Waals surface area contributed by atoms with E-state index in [4.69, 9.17) is 4.74 Å². The van der Waals surface area contributed by atoms with Gasteiger partial charge in [-0.2, -0.15) is 0 Å². The summed E-state index contributed by atoms with van der Waals surface area (Å²) in [6, 6.07) is 8.51. The monoisotopic (exact) mass is 273 g/mol. The number of thiazole rings is 1. The van der Waals surface area contributed by atoms with Crippen LogP contribution in [0.5, 0.6) is 0 Å². The van der Waals surface area contributed by atoms with Crippen LogP contribution in [0.25, 0.3) is 0 Å². The molecule has 0 bridgehead atoms. The second kappa shape index (κ2) is 4.78. The predicted molar refractivity (Wildman–Crippen MR) is 74.8 cm³/mol. The third-order valence-electron chi connectivity index (χ3n) is 3.59. The summed E-state index contributed by atoms with van der Waals surface area (Å²) in [6.45, 7) is 1.93. The average molecular weight is 273 g/mol. The maximum Gasteiger partial charge on any atom is 0.357 e. The number of aryl methyl sites for hydroxylation is 1. The van der Waals surface area contributed by atoms with Crippen molar-refractivity contribution >= 4 is 17.3 Å². The molecule has 1 aromatic carbocycles. The number of hydrogen-bond donors (Lipinski definition) is 0. The van der Waals surface area contributed by atoms with Crippen molar-refractivity contribution in [3.05, 3.63) is 51.0 Å². The van der Waals surface area contributed by atoms with Crippen LogP contribution in [-0.2, 0) is 17.6 Å². The first-order valence-electron chi connectivity index (χ1n) is 6.31. The maximum absolute atomic E-state index is 11.6. The zero-order valence-electron chi connectivity index (χ0n) is 11.0. The van der Waals surface area contributed by atoms with Crippen molar-refractivity contribution in [3.8, 4) is 0 Å². The van der Waals surface area contributed by atoms with E-state index in [1.807, 2.05) is 6.92 Å². The second-order valence-corrected chi connectivity index (χ2v) is 6.06. The fourth-order valence-corrected chi connectivity index (χ4v) is 3.62. The lowest BCUT2D eigenvalue weighted by Crippen LogP contribution is -2.04. The summed E-state index contributed by atoms with van der Waals surface area (Å²) in [5.41, 5.74) is 3.28. The number of carbonyl (C=O) groups excluding carboxylic acids is 1. The predicted octanol–water partition coefficient (Wildman–Crippen LogP) is 3.12. The third-order valence-corrected chi connectivity index (χ3v) is 4.73. The average Bonchev–Trinajstić information content (AvgIpc) is 3.00. The topological polar surface area (TPSA) is 39.2 Å². The fraction of sp³-hybridized carbons (Fsp3) is 0.333. The first kappa shape index (κ1) is 12.4. The number of aromatic nitrogens is 1. The van der Waals surface area contributed by atoms with Crippen LogP contribution in [0.1, 0.15) is 37.4 Å². The highest BCUT2D eigenvalue weighted by atomic mass is 32.1. The van der Waals surface area contributed by atoms with Crippen molar-refractivity contribution in [3.63, 3.8) is 0 Å². The summed E-state index contributed by atoms with van der Waals surface area (Å²) in [4.78, 5) is 17.0. The largest absolute Gasteiger partial charge is 0.464 e. The summed E-state index contributed by atoms with van der Waals surface area (Å²) >= 11 is 1.61. The minimum atomic E-state index is -0.337. The number of hydrogen-bond acceptors (Lipinski definition) is 4. The standard InChI is InChI=1S/C15H15NO2S/c1-9-13(15(17)18-2)16-14(19-9)12-7-10-5-3-4-6-11(10)8-12/h3-6,12H,7-8H2,1-2H3. The van der Waals surface area contributed by atoms with Gasteiger partial charge in [-0.1, -0.05) is 24.3 Å². The summed E-state index contributed by atoms with van der Waals surface area (Å²) < 4.78 is 4.76. The molecule has 98 valence electrons. The van der Waals surface area contributed by atoms with Gasteiger partial charge in [0.05, 0.1) is 12.1 Å². The van der Waals surface area contributed by atoms with Gasteiger partial charge in [0.1, 0.15) is 0 Å². The molecule has 19 heavy (non-hydrogen) atoms. The van der Waals surface area contributed by atoms with Gasteiger partial charge in [0.25, 0.3) is 0 Å². The van der Waals surface area contributed by atoms with Gasteiger partial charge >= 0.3 is 5.97 Å². The highest BCUT2D eigenvalue weighted by molar-refractivity contribution is 7.12. The van der Waals surface area contributed by atoms with E-state index < -0.39 is 0 Å². The van der Waals surface area contributed by atoms with Gasteiger partial charge in [0.2, 0.25) is 0 Å². The van der Waals surface area contributed by atoms with Crippen LogP contribution in [0.4, 0.5) is 0 Å². The van der Waals surface area contributed by atoms with Crippen molar-refractivity contribution in [2.24, 2.45) is 0 Å². The molecule has 3 nitrogen and oxygen atoms in total. The van der Waals surface area contributed by atoms with Crippen LogP contribution in [0, 0.1) is 6.92 Å². The quantitative estimate of drug-likeness (QED) is 0.789. The summed E-state index contributed by atoms with van der Waals surface area (Å²) in [5.74, 6) is 0.0648. The SMILES string of the molecule is COC(=O)c1nc(C2Cc3ccccc3C2)sc1C. The normalized spacial score (nSPS) is 14.4. The molecule has 1 aliphatic carbocycles. The number of methoxy groups -OCH3 is 1. The van der Waals surface area contributed by atoms with Crippen LogP contribution in [0.3, 0.4) is 0 Å². The molecule has 0 atom stereocenters. The Labute approximate surface area is 116 Å². The Morgan fingerprint density at radius 2 is 1.95 bits per heavy atom. The molecule has 0 saturated heterocycles. The van der Waals surface area contributed by atoms with Gasteiger partial charge in [-0.15, -0.1) is 11.3 Å². The lowest BCUT2D eigenvalue weighted by Gasteiger charge is -2.03. The van der Waals surface area contributed by atoms with E-state index in [0.717, 1.165) is 22.7 Å². The van der Waals surface area contributed by atoms with Gasteiger partial charge in [0.15, 0.2) is 5.69 Å². The smallest absolute Gasteiger partial charge is 0.357 e. The Morgan fingerprint density at radius 1 is 1.32 bits per heavy atom. The molecule has 0 saturated carbocycles. The van der Waals surface area contributed by atoms with E-state index in [2.05, 4.69) is 29.2 Å². The van der Waals surface area contributed by atoms with Crippen molar-refractivity contribution in [1.82, 2.24) is 4.98 Å². The van der Waals surface area contributed by atoms with Crippen molar-refractivity contribution < 1.29 is 9.53 Å². The molecule has 1 heterocycles. The molecule has 0 unspecified atom stereocenters. The molecule has 0 amide bonds. The number of esters is 1. The van der Waals surface area contributed by atoms with E-state index >= 15 is 0 Å². The van der Waals surface area contributed by atoms with Gasteiger partial charge in [-0.05, 0) is 30.9 Å². The van der Waals surface area contributed by atoms with E-state index in [0.29, 0.717) is 11.6 Å².